The maximum absolute atomic E-state index is 13.8. The van der Waals surface area contributed by atoms with Crippen LogP contribution >= 0.6 is 0 Å². The molecule has 0 fully saturated rings. The van der Waals surface area contributed by atoms with Gasteiger partial charge >= 0.3 is 5.97 Å². The number of nitrogens with zero attached hydrogens (tertiary/aromatic N) is 3. The monoisotopic (exact) mass is 250 g/mol. The lowest BCUT2D eigenvalue weighted by Crippen LogP contribution is -2.05. The lowest BCUT2D eigenvalue weighted by atomic mass is 10.2. The van der Waals surface area contributed by atoms with Gasteiger partial charge in [-0.2, -0.15) is 5.10 Å². The average Bonchev–Trinajstić information content (AvgIpc) is 2.60. The van der Waals surface area contributed by atoms with Crippen LogP contribution in [0.1, 0.15) is 16.1 Å². The molecule has 7 heteroatoms. The quantitative estimate of drug-likeness (QED) is 0.866. The highest BCUT2D eigenvalue weighted by Gasteiger charge is 2.16. The first-order valence-electron chi connectivity index (χ1n) is 5.14. The summed E-state index contributed by atoms with van der Waals surface area (Å²) in [6, 6.07) is 1.11. The first kappa shape index (κ1) is 12.0. The van der Waals surface area contributed by atoms with Gasteiger partial charge in [0.2, 0.25) is 0 Å². The minimum atomic E-state index is -1.33. The number of carbonyl (C=O) groups is 1. The van der Waals surface area contributed by atoms with Gasteiger partial charge in [0.05, 0.1) is 11.4 Å². The summed E-state index contributed by atoms with van der Waals surface area (Å²) in [6.07, 6.45) is 2.89. The molecule has 18 heavy (non-hydrogen) atoms. The fourth-order valence-electron chi connectivity index (χ4n) is 1.55. The number of rotatable bonds is 3. The van der Waals surface area contributed by atoms with Crippen molar-refractivity contribution in [2.75, 3.05) is 5.32 Å². The molecular formula is C11H11FN4O2. The predicted octanol–water partition coefficient (Wildman–Crippen LogP) is 1.70. The van der Waals surface area contributed by atoms with Crippen molar-refractivity contribution in [3.8, 4) is 0 Å². The number of halogens is 1. The maximum Gasteiger partial charge on any atom is 0.338 e. The summed E-state index contributed by atoms with van der Waals surface area (Å²) >= 11 is 0. The Morgan fingerprint density at radius 3 is 2.83 bits per heavy atom. The van der Waals surface area contributed by atoms with E-state index in [1.807, 2.05) is 0 Å². The Balaban J connectivity index is 2.38. The molecule has 0 atom stereocenters. The van der Waals surface area contributed by atoms with E-state index in [2.05, 4.69) is 15.4 Å². The van der Waals surface area contributed by atoms with Gasteiger partial charge in [0, 0.05) is 19.4 Å². The van der Waals surface area contributed by atoms with Crippen molar-refractivity contribution in [1.29, 1.82) is 0 Å². The van der Waals surface area contributed by atoms with Crippen LogP contribution in [-0.4, -0.2) is 25.8 Å². The maximum atomic E-state index is 13.8. The van der Waals surface area contributed by atoms with Gasteiger partial charge in [-0.25, -0.2) is 14.2 Å². The van der Waals surface area contributed by atoms with Gasteiger partial charge in [-0.05, 0) is 13.0 Å². The van der Waals surface area contributed by atoms with Gasteiger partial charge in [-0.3, -0.25) is 4.68 Å². The van der Waals surface area contributed by atoms with Gasteiger partial charge in [-0.1, -0.05) is 0 Å². The summed E-state index contributed by atoms with van der Waals surface area (Å²) in [5, 5.41) is 15.6. The molecule has 0 aliphatic heterocycles. The molecule has 0 amide bonds. The van der Waals surface area contributed by atoms with E-state index in [1.54, 1.807) is 24.9 Å². The van der Waals surface area contributed by atoms with E-state index in [-0.39, 0.29) is 5.82 Å². The van der Waals surface area contributed by atoms with Gasteiger partial charge in [0.15, 0.2) is 11.6 Å². The number of carboxylic acid groups (broad SMARTS) is 1. The Kier molecular flexibility index (Phi) is 2.97. The standard InChI is InChI=1S/C11H11FN4O2/c1-6-8(5-16(2)15-6)14-10-9(12)7(11(17)18)3-4-13-10/h3-5H,1-2H3,(H,13,14)(H,17,18). The zero-order chi connectivity index (χ0) is 13.3. The van der Waals surface area contributed by atoms with E-state index in [1.165, 1.54) is 6.20 Å². The second kappa shape index (κ2) is 4.44. The number of carboxylic acids is 1. The molecule has 0 aliphatic carbocycles. The molecule has 0 radical (unpaired) electrons. The zero-order valence-electron chi connectivity index (χ0n) is 9.81. The third-order valence-corrected chi connectivity index (χ3v) is 2.39. The lowest BCUT2D eigenvalue weighted by molar-refractivity contribution is 0.0692. The minimum Gasteiger partial charge on any atom is -0.478 e. The Morgan fingerprint density at radius 2 is 2.28 bits per heavy atom. The number of nitrogens with one attached hydrogen (secondary N) is 1. The van der Waals surface area contributed by atoms with Crippen molar-refractivity contribution >= 4 is 17.5 Å². The van der Waals surface area contributed by atoms with Crippen LogP contribution in [0.4, 0.5) is 15.9 Å². The molecule has 2 aromatic rings. The van der Waals surface area contributed by atoms with Crippen molar-refractivity contribution in [1.82, 2.24) is 14.8 Å². The third-order valence-electron chi connectivity index (χ3n) is 2.39. The van der Waals surface area contributed by atoms with Gasteiger partial charge < -0.3 is 10.4 Å². The largest absolute Gasteiger partial charge is 0.478 e. The molecule has 0 aromatic carbocycles. The Morgan fingerprint density at radius 1 is 1.56 bits per heavy atom. The third kappa shape index (κ3) is 2.15. The normalized spacial score (nSPS) is 10.4. The molecule has 6 nitrogen and oxygen atoms in total. The minimum absolute atomic E-state index is 0.133. The van der Waals surface area contributed by atoms with Crippen molar-refractivity contribution in [2.24, 2.45) is 7.05 Å². The van der Waals surface area contributed by atoms with E-state index >= 15 is 0 Å². The highest BCUT2D eigenvalue weighted by Crippen LogP contribution is 2.21. The molecule has 2 N–H and O–H groups in total. The van der Waals surface area contributed by atoms with E-state index < -0.39 is 17.3 Å². The Hall–Kier alpha value is -2.44. The van der Waals surface area contributed by atoms with Crippen LogP contribution in [0.2, 0.25) is 0 Å². The van der Waals surface area contributed by atoms with Crippen LogP contribution in [-0.2, 0) is 7.05 Å². The fraction of sp³-hybridized carbons (Fsp3) is 0.182. The zero-order valence-corrected chi connectivity index (χ0v) is 9.81. The molecule has 2 heterocycles. The van der Waals surface area contributed by atoms with Crippen LogP contribution in [0.15, 0.2) is 18.5 Å². The molecule has 0 saturated carbocycles. The molecule has 0 saturated heterocycles. The summed E-state index contributed by atoms with van der Waals surface area (Å²) in [5.74, 6) is -2.36. The van der Waals surface area contributed by atoms with Crippen LogP contribution < -0.4 is 5.32 Å². The summed E-state index contributed by atoms with van der Waals surface area (Å²) in [6.45, 7) is 1.75. The highest BCUT2D eigenvalue weighted by molar-refractivity contribution is 5.89. The lowest BCUT2D eigenvalue weighted by Gasteiger charge is -2.06. The number of hydrogen-bond donors (Lipinski definition) is 2. The number of anilines is 2. The van der Waals surface area contributed by atoms with E-state index in [0.717, 1.165) is 6.07 Å². The van der Waals surface area contributed by atoms with Gasteiger partial charge in [0.1, 0.15) is 5.56 Å². The van der Waals surface area contributed by atoms with Crippen LogP contribution in [0.3, 0.4) is 0 Å². The number of aryl methyl sites for hydroxylation is 2. The van der Waals surface area contributed by atoms with E-state index in [9.17, 15) is 9.18 Å². The molecular weight excluding hydrogens is 239 g/mol. The van der Waals surface area contributed by atoms with E-state index in [0.29, 0.717) is 11.4 Å². The summed E-state index contributed by atoms with van der Waals surface area (Å²) in [7, 11) is 1.73. The smallest absolute Gasteiger partial charge is 0.338 e. The van der Waals surface area contributed by atoms with Crippen molar-refractivity contribution < 1.29 is 14.3 Å². The predicted molar refractivity (Wildman–Crippen MR) is 62.4 cm³/mol. The molecule has 0 bridgehead atoms. The van der Waals surface area contributed by atoms with E-state index in [4.69, 9.17) is 5.11 Å². The van der Waals surface area contributed by atoms with Crippen LogP contribution in [0.25, 0.3) is 0 Å². The topological polar surface area (TPSA) is 80.0 Å². The molecule has 94 valence electrons. The van der Waals surface area contributed by atoms with Gasteiger partial charge in [-0.15, -0.1) is 0 Å². The molecule has 2 rings (SSSR count). The molecule has 2 aromatic heterocycles. The second-order valence-electron chi connectivity index (χ2n) is 3.75. The van der Waals surface area contributed by atoms with Crippen molar-refractivity contribution in [3.05, 3.63) is 35.5 Å². The first-order chi connectivity index (χ1) is 8.49. The van der Waals surface area contributed by atoms with Crippen molar-refractivity contribution in [2.45, 2.75) is 6.92 Å². The summed E-state index contributed by atoms with van der Waals surface area (Å²) < 4.78 is 15.4. The molecule has 0 aliphatic rings. The second-order valence-corrected chi connectivity index (χ2v) is 3.75. The SMILES string of the molecule is Cc1nn(C)cc1Nc1nccc(C(=O)O)c1F. The van der Waals surface area contributed by atoms with Gasteiger partial charge in [0.25, 0.3) is 0 Å². The van der Waals surface area contributed by atoms with Crippen molar-refractivity contribution in [3.63, 3.8) is 0 Å². The Bertz CT molecular complexity index is 609. The number of hydrogen-bond acceptors (Lipinski definition) is 4. The fourth-order valence-corrected chi connectivity index (χ4v) is 1.55. The molecule has 0 unspecified atom stereocenters. The number of aromatic carboxylic acids is 1. The average molecular weight is 250 g/mol. The van der Waals surface area contributed by atoms with Crippen LogP contribution in [0, 0.1) is 12.7 Å². The van der Waals surface area contributed by atoms with Crippen LogP contribution in [0.5, 0.6) is 0 Å². The highest BCUT2D eigenvalue weighted by atomic mass is 19.1. The Labute approximate surface area is 102 Å². The molecule has 0 spiro atoms. The summed E-state index contributed by atoms with van der Waals surface area (Å²) in [4.78, 5) is 14.6. The number of pyridine rings is 1. The number of aromatic nitrogens is 3. The first-order valence-corrected chi connectivity index (χ1v) is 5.14. The summed E-state index contributed by atoms with van der Waals surface area (Å²) in [5.41, 5.74) is 0.819.